The van der Waals surface area contributed by atoms with Crippen LogP contribution in [-0.4, -0.2) is 18.3 Å². The summed E-state index contributed by atoms with van der Waals surface area (Å²) in [6.07, 6.45) is 0. The second-order valence-corrected chi connectivity index (χ2v) is 5.91. The molecule has 0 spiro atoms. The summed E-state index contributed by atoms with van der Waals surface area (Å²) in [6.45, 7) is 3.71. The van der Waals surface area contributed by atoms with Gasteiger partial charge in [-0.25, -0.2) is 0 Å². The molecule has 1 N–H and O–H groups in total. The van der Waals surface area contributed by atoms with Gasteiger partial charge in [-0.2, -0.15) is 5.26 Å². The van der Waals surface area contributed by atoms with Crippen molar-refractivity contribution in [1.82, 2.24) is 0 Å². The van der Waals surface area contributed by atoms with Gasteiger partial charge in [0.2, 0.25) is 0 Å². The molecule has 0 radical (unpaired) electrons. The predicted molar refractivity (Wildman–Crippen MR) is 94.4 cm³/mol. The second-order valence-electron chi connectivity index (χ2n) is 4.99. The monoisotopic (exact) mass is 386 g/mol. The number of benzene rings is 2. The van der Waals surface area contributed by atoms with Gasteiger partial charge in [0.25, 0.3) is 5.91 Å². The fourth-order valence-corrected chi connectivity index (χ4v) is 2.60. The molecule has 24 heavy (non-hydrogen) atoms. The zero-order valence-corrected chi connectivity index (χ0v) is 14.8. The maximum Gasteiger partial charge on any atom is 0.255 e. The molecule has 0 atom stereocenters. The van der Waals surface area contributed by atoms with E-state index in [1.54, 1.807) is 30.3 Å². The first-order valence-electron chi connectivity index (χ1n) is 7.24. The van der Waals surface area contributed by atoms with E-state index in [0.29, 0.717) is 39.2 Å². The summed E-state index contributed by atoms with van der Waals surface area (Å²) < 4.78 is 6.12. The van der Waals surface area contributed by atoms with Crippen LogP contribution in [0, 0.1) is 11.3 Å². The molecular formula is C18H15BrN2O3. The number of Topliss-reactive ketones (excluding diaryl/α,β-unsaturated/α-hetero) is 1. The van der Waals surface area contributed by atoms with Crippen molar-refractivity contribution in [1.29, 1.82) is 5.26 Å². The summed E-state index contributed by atoms with van der Waals surface area (Å²) in [5.41, 5.74) is 1.59. The molecule has 2 rings (SSSR count). The number of ether oxygens (including phenoxy) is 1. The van der Waals surface area contributed by atoms with Gasteiger partial charge >= 0.3 is 0 Å². The smallest absolute Gasteiger partial charge is 0.255 e. The van der Waals surface area contributed by atoms with Crippen LogP contribution in [0.4, 0.5) is 5.69 Å². The zero-order valence-electron chi connectivity index (χ0n) is 13.2. The van der Waals surface area contributed by atoms with Crippen molar-refractivity contribution in [2.45, 2.75) is 13.8 Å². The molecule has 0 saturated heterocycles. The Morgan fingerprint density at radius 2 is 1.96 bits per heavy atom. The van der Waals surface area contributed by atoms with Crippen molar-refractivity contribution < 1.29 is 14.3 Å². The minimum atomic E-state index is -0.394. The van der Waals surface area contributed by atoms with Crippen LogP contribution in [0.15, 0.2) is 40.9 Å². The fraction of sp³-hybridized carbons (Fsp3) is 0.167. The van der Waals surface area contributed by atoms with Gasteiger partial charge in [0.05, 0.1) is 23.9 Å². The lowest BCUT2D eigenvalue weighted by molar-refractivity contribution is 0.101. The van der Waals surface area contributed by atoms with Gasteiger partial charge in [-0.1, -0.05) is 15.9 Å². The Bertz CT molecular complexity index is 841. The van der Waals surface area contributed by atoms with Crippen LogP contribution in [0.2, 0.25) is 0 Å². The van der Waals surface area contributed by atoms with Crippen LogP contribution < -0.4 is 10.1 Å². The van der Waals surface area contributed by atoms with Gasteiger partial charge < -0.3 is 10.1 Å². The van der Waals surface area contributed by atoms with Crippen LogP contribution in [0.3, 0.4) is 0 Å². The van der Waals surface area contributed by atoms with E-state index < -0.39 is 5.91 Å². The van der Waals surface area contributed by atoms with Gasteiger partial charge in [-0.15, -0.1) is 0 Å². The van der Waals surface area contributed by atoms with Gasteiger partial charge in [0.15, 0.2) is 5.78 Å². The van der Waals surface area contributed by atoms with Crippen molar-refractivity contribution in [3.05, 3.63) is 57.6 Å². The summed E-state index contributed by atoms with van der Waals surface area (Å²) in [5.74, 6) is -0.0245. The molecule has 0 aliphatic heterocycles. The van der Waals surface area contributed by atoms with Gasteiger partial charge in [-0.3, -0.25) is 9.59 Å². The van der Waals surface area contributed by atoms with E-state index >= 15 is 0 Å². The highest BCUT2D eigenvalue weighted by Crippen LogP contribution is 2.27. The van der Waals surface area contributed by atoms with E-state index in [9.17, 15) is 9.59 Å². The normalized spacial score (nSPS) is 9.92. The number of hydrogen-bond donors (Lipinski definition) is 1. The fourth-order valence-electron chi connectivity index (χ4n) is 2.11. The molecule has 0 unspecified atom stereocenters. The van der Waals surface area contributed by atoms with E-state index in [0.717, 1.165) is 0 Å². The summed E-state index contributed by atoms with van der Waals surface area (Å²) in [4.78, 5) is 24.0. The molecule has 0 aromatic heterocycles. The maximum atomic E-state index is 12.5. The number of hydrogen-bond acceptors (Lipinski definition) is 4. The van der Waals surface area contributed by atoms with E-state index in [2.05, 4.69) is 21.2 Å². The molecule has 5 nitrogen and oxygen atoms in total. The van der Waals surface area contributed by atoms with Crippen LogP contribution in [0.5, 0.6) is 5.75 Å². The number of ketones is 1. The van der Waals surface area contributed by atoms with Crippen molar-refractivity contribution in [2.75, 3.05) is 11.9 Å². The number of nitrogens with zero attached hydrogens (tertiary/aromatic N) is 1. The first-order valence-corrected chi connectivity index (χ1v) is 8.03. The molecule has 0 bridgehead atoms. The predicted octanol–water partition coefficient (Wildman–Crippen LogP) is 4.17. The van der Waals surface area contributed by atoms with E-state index in [1.807, 2.05) is 13.0 Å². The minimum absolute atomic E-state index is 0.109. The molecule has 122 valence electrons. The molecule has 0 heterocycles. The van der Waals surface area contributed by atoms with E-state index in [-0.39, 0.29) is 5.78 Å². The largest absolute Gasteiger partial charge is 0.492 e. The summed E-state index contributed by atoms with van der Waals surface area (Å²) in [6, 6.07) is 11.6. The molecule has 0 fully saturated rings. The first kappa shape index (κ1) is 17.7. The Hall–Kier alpha value is -2.65. The summed E-state index contributed by atoms with van der Waals surface area (Å²) in [5, 5.41) is 11.7. The van der Waals surface area contributed by atoms with Crippen LogP contribution in [0.25, 0.3) is 0 Å². The minimum Gasteiger partial charge on any atom is -0.492 e. The number of anilines is 1. The number of carbonyl (C=O) groups excluding carboxylic acids is 2. The van der Waals surface area contributed by atoms with Gasteiger partial charge in [0, 0.05) is 15.6 Å². The Morgan fingerprint density at radius 3 is 2.58 bits per heavy atom. The molecule has 0 saturated carbocycles. The Balaban J connectivity index is 2.37. The molecule has 1 amide bonds. The number of rotatable bonds is 5. The molecule has 6 heteroatoms. The van der Waals surface area contributed by atoms with E-state index in [1.165, 1.54) is 13.0 Å². The van der Waals surface area contributed by atoms with Crippen molar-refractivity contribution in [3.8, 4) is 11.8 Å². The highest BCUT2D eigenvalue weighted by atomic mass is 79.9. The lowest BCUT2D eigenvalue weighted by Gasteiger charge is -2.13. The standard InChI is InChI=1S/C18H15BrN2O3/c1-3-24-17-5-4-13(11(2)22)9-16(17)21-18(23)14-6-12(10-20)7-15(19)8-14/h4-9H,3H2,1-2H3,(H,21,23). The second kappa shape index (κ2) is 7.75. The third-order valence-corrected chi connectivity index (χ3v) is 3.68. The zero-order chi connectivity index (χ0) is 17.7. The third kappa shape index (κ3) is 4.21. The number of halogens is 1. The van der Waals surface area contributed by atoms with Gasteiger partial charge in [-0.05, 0) is 50.2 Å². The van der Waals surface area contributed by atoms with Crippen LogP contribution in [0.1, 0.15) is 40.1 Å². The molecule has 2 aromatic carbocycles. The van der Waals surface area contributed by atoms with Crippen LogP contribution >= 0.6 is 15.9 Å². The number of amides is 1. The Morgan fingerprint density at radius 1 is 1.21 bits per heavy atom. The molecule has 0 aliphatic carbocycles. The first-order chi connectivity index (χ1) is 11.4. The van der Waals surface area contributed by atoms with Crippen molar-refractivity contribution in [3.63, 3.8) is 0 Å². The lowest BCUT2D eigenvalue weighted by Crippen LogP contribution is -2.14. The maximum absolute atomic E-state index is 12.5. The number of nitriles is 1. The summed E-state index contributed by atoms with van der Waals surface area (Å²) in [7, 11) is 0. The third-order valence-electron chi connectivity index (χ3n) is 3.22. The SMILES string of the molecule is CCOc1ccc(C(C)=O)cc1NC(=O)c1cc(Br)cc(C#N)c1. The van der Waals surface area contributed by atoms with Gasteiger partial charge in [0.1, 0.15) is 5.75 Å². The lowest BCUT2D eigenvalue weighted by atomic mass is 10.1. The van der Waals surface area contributed by atoms with Crippen molar-refractivity contribution in [2.24, 2.45) is 0 Å². The Labute approximate surface area is 148 Å². The van der Waals surface area contributed by atoms with Crippen molar-refractivity contribution >= 4 is 33.3 Å². The average molecular weight is 387 g/mol. The number of carbonyl (C=O) groups is 2. The topological polar surface area (TPSA) is 79.2 Å². The molecular weight excluding hydrogens is 372 g/mol. The van der Waals surface area contributed by atoms with E-state index in [4.69, 9.17) is 10.00 Å². The highest BCUT2D eigenvalue weighted by molar-refractivity contribution is 9.10. The quantitative estimate of drug-likeness (QED) is 0.781. The Kier molecular flexibility index (Phi) is 5.72. The van der Waals surface area contributed by atoms with Crippen LogP contribution in [-0.2, 0) is 0 Å². The highest BCUT2D eigenvalue weighted by Gasteiger charge is 2.13. The number of nitrogens with one attached hydrogen (secondary N) is 1. The summed E-state index contributed by atoms with van der Waals surface area (Å²) >= 11 is 3.28. The average Bonchev–Trinajstić information content (AvgIpc) is 2.55. The molecule has 2 aromatic rings. The molecule has 0 aliphatic rings.